The fourth-order valence-corrected chi connectivity index (χ4v) is 4.01. The van der Waals surface area contributed by atoms with Gasteiger partial charge in [-0.1, -0.05) is 48.0 Å². The number of aromatic nitrogens is 2. The third-order valence-corrected chi connectivity index (χ3v) is 5.94. The summed E-state index contributed by atoms with van der Waals surface area (Å²) in [6, 6.07) is 22.2. The number of rotatable bonds is 5. The maximum Gasteiger partial charge on any atom is 0.255 e. The molecular weight excluding hydrogens is 455 g/mol. The average molecular weight is 475 g/mol. The van der Waals surface area contributed by atoms with Crippen LogP contribution < -0.4 is 10.2 Å². The second-order valence-corrected chi connectivity index (χ2v) is 8.42. The van der Waals surface area contributed by atoms with E-state index in [0.29, 0.717) is 30.1 Å². The van der Waals surface area contributed by atoms with Gasteiger partial charge in [-0.2, -0.15) is 5.10 Å². The van der Waals surface area contributed by atoms with E-state index in [0.717, 1.165) is 22.6 Å². The first-order chi connectivity index (χ1) is 16.5. The Kier molecular flexibility index (Phi) is 5.86. The monoisotopic (exact) mass is 474 g/mol. The molecule has 0 atom stereocenters. The van der Waals surface area contributed by atoms with Crippen LogP contribution in [0.2, 0.25) is 5.02 Å². The molecule has 0 saturated carbocycles. The lowest BCUT2D eigenvalue weighted by atomic mass is 10.1. The number of carbonyl (C=O) groups is 2. The largest absolute Gasteiger partial charge is 0.319 e. The molecule has 0 spiro atoms. The first kappa shape index (κ1) is 21.9. The van der Waals surface area contributed by atoms with E-state index in [1.54, 1.807) is 41.3 Å². The fourth-order valence-electron chi connectivity index (χ4n) is 3.89. The zero-order valence-corrected chi connectivity index (χ0v) is 18.8. The van der Waals surface area contributed by atoms with Crippen molar-refractivity contribution in [3.05, 3.63) is 101 Å². The molecule has 1 aliphatic rings. The molecule has 1 aliphatic heterocycles. The van der Waals surface area contributed by atoms with E-state index < -0.39 is 11.7 Å². The fraction of sp³-hybridized carbons (Fsp3) is 0.115. The van der Waals surface area contributed by atoms with Crippen molar-refractivity contribution in [2.75, 3.05) is 10.2 Å². The molecule has 0 unspecified atom stereocenters. The molecule has 8 heteroatoms. The van der Waals surface area contributed by atoms with Gasteiger partial charge in [-0.25, -0.2) is 9.07 Å². The Morgan fingerprint density at radius 2 is 1.76 bits per heavy atom. The van der Waals surface area contributed by atoms with E-state index in [1.807, 2.05) is 35.0 Å². The van der Waals surface area contributed by atoms with Gasteiger partial charge in [0, 0.05) is 28.6 Å². The molecule has 0 radical (unpaired) electrons. The van der Waals surface area contributed by atoms with E-state index in [9.17, 15) is 14.0 Å². The van der Waals surface area contributed by atoms with Gasteiger partial charge in [0.05, 0.1) is 24.5 Å². The molecule has 2 heterocycles. The minimum atomic E-state index is -0.495. The second-order valence-electron chi connectivity index (χ2n) is 7.98. The molecule has 1 aromatic heterocycles. The Labute approximate surface area is 200 Å². The van der Waals surface area contributed by atoms with Crippen molar-refractivity contribution in [3.63, 3.8) is 0 Å². The van der Waals surface area contributed by atoms with Gasteiger partial charge in [0.15, 0.2) is 0 Å². The predicted molar refractivity (Wildman–Crippen MR) is 129 cm³/mol. The van der Waals surface area contributed by atoms with Gasteiger partial charge in [0.25, 0.3) is 5.91 Å². The number of anilines is 2. The van der Waals surface area contributed by atoms with E-state index in [1.165, 1.54) is 12.1 Å². The van der Waals surface area contributed by atoms with Crippen LogP contribution in [0, 0.1) is 5.82 Å². The van der Waals surface area contributed by atoms with E-state index in [-0.39, 0.29) is 11.6 Å². The van der Waals surface area contributed by atoms with Gasteiger partial charge in [0.1, 0.15) is 11.6 Å². The number of fused-ring (bicyclic) bond motifs is 1. The van der Waals surface area contributed by atoms with Crippen LogP contribution in [0.3, 0.4) is 0 Å². The van der Waals surface area contributed by atoms with Gasteiger partial charge in [-0.3, -0.25) is 14.5 Å². The highest BCUT2D eigenvalue weighted by Crippen LogP contribution is 2.30. The van der Waals surface area contributed by atoms with Crippen LogP contribution in [0.4, 0.5) is 15.9 Å². The molecule has 170 valence electrons. The number of benzene rings is 3. The van der Waals surface area contributed by atoms with Crippen LogP contribution in [-0.2, 0) is 17.9 Å². The molecular formula is C26H20ClFN4O2. The van der Waals surface area contributed by atoms with E-state index >= 15 is 0 Å². The highest BCUT2D eigenvalue weighted by atomic mass is 35.5. The van der Waals surface area contributed by atoms with Gasteiger partial charge >= 0.3 is 0 Å². The van der Waals surface area contributed by atoms with Crippen LogP contribution >= 0.6 is 11.6 Å². The lowest BCUT2D eigenvalue weighted by Gasteiger charge is -2.27. The van der Waals surface area contributed by atoms with Crippen molar-refractivity contribution in [3.8, 4) is 11.3 Å². The Hall–Kier alpha value is -3.97. The van der Waals surface area contributed by atoms with Gasteiger partial charge in [-0.15, -0.1) is 0 Å². The Balaban J connectivity index is 1.33. The molecule has 0 saturated heterocycles. The minimum Gasteiger partial charge on any atom is -0.319 e. The number of nitrogens with one attached hydrogen (secondary N) is 1. The third-order valence-electron chi connectivity index (χ3n) is 5.69. The van der Waals surface area contributed by atoms with E-state index in [4.69, 9.17) is 11.6 Å². The number of aryl methyl sites for hydroxylation is 1. The summed E-state index contributed by atoms with van der Waals surface area (Å²) in [5, 5.41) is 7.88. The third kappa shape index (κ3) is 4.43. The van der Waals surface area contributed by atoms with Crippen molar-refractivity contribution >= 4 is 34.9 Å². The second kappa shape index (κ2) is 9.11. The molecule has 4 aromatic rings. The predicted octanol–water partition coefficient (Wildman–Crippen LogP) is 5.53. The molecule has 1 N–H and O–H groups in total. The molecule has 6 nitrogen and oxygen atoms in total. The summed E-state index contributed by atoms with van der Waals surface area (Å²) in [6.07, 6.45) is 0.359. The van der Waals surface area contributed by atoms with Gasteiger partial charge in [-0.05, 0) is 42.0 Å². The molecule has 0 fully saturated rings. The lowest BCUT2D eigenvalue weighted by Crippen LogP contribution is -2.36. The van der Waals surface area contributed by atoms with Crippen molar-refractivity contribution in [1.29, 1.82) is 0 Å². The summed E-state index contributed by atoms with van der Waals surface area (Å²) < 4.78 is 15.6. The Morgan fingerprint density at radius 1 is 1.03 bits per heavy atom. The van der Waals surface area contributed by atoms with Crippen LogP contribution in [0.5, 0.6) is 0 Å². The number of para-hydroxylation sites is 1. The maximum absolute atomic E-state index is 13.8. The summed E-state index contributed by atoms with van der Waals surface area (Å²) in [7, 11) is 0. The number of amides is 2. The number of nitrogens with zero attached hydrogens (tertiary/aromatic N) is 3. The summed E-state index contributed by atoms with van der Waals surface area (Å²) in [5.41, 5.74) is 3.07. The standard InChI is InChI=1S/C26H20ClFN4O2/c27-20-11-9-18(10-12-20)23-15-24-31(25(33)13-14-32(24)30-23)16-17-5-7-19(8-6-17)26(34)29-22-4-2-1-3-21(22)28/h1-12,15H,13-14,16H2,(H,29,34). The molecule has 0 aliphatic carbocycles. The summed E-state index contributed by atoms with van der Waals surface area (Å²) in [5.74, 6) is -0.166. The van der Waals surface area contributed by atoms with Crippen molar-refractivity contribution < 1.29 is 14.0 Å². The lowest BCUT2D eigenvalue weighted by molar-refractivity contribution is -0.119. The highest BCUT2D eigenvalue weighted by Gasteiger charge is 2.26. The van der Waals surface area contributed by atoms with Crippen LogP contribution in [0.25, 0.3) is 11.3 Å². The Morgan fingerprint density at radius 3 is 2.50 bits per heavy atom. The van der Waals surface area contributed by atoms with Gasteiger partial charge < -0.3 is 5.32 Å². The first-order valence-electron chi connectivity index (χ1n) is 10.8. The maximum atomic E-state index is 13.8. The topological polar surface area (TPSA) is 67.2 Å². The number of halogens is 2. The van der Waals surface area contributed by atoms with Crippen molar-refractivity contribution in [2.24, 2.45) is 0 Å². The zero-order valence-electron chi connectivity index (χ0n) is 18.0. The SMILES string of the molecule is O=C(Nc1ccccc1F)c1ccc(CN2C(=O)CCn3nc(-c4ccc(Cl)cc4)cc32)cc1. The molecule has 3 aromatic carbocycles. The first-order valence-corrected chi connectivity index (χ1v) is 11.1. The van der Waals surface area contributed by atoms with Crippen molar-refractivity contribution in [2.45, 2.75) is 19.5 Å². The smallest absolute Gasteiger partial charge is 0.255 e. The summed E-state index contributed by atoms with van der Waals surface area (Å²) >= 11 is 5.99. The summed E-state index contributed by atoms with van der Waals surface area (Å²) in [4.78, 5) is 26.9. The minimum absolute atomic E-state index is 0.0106. The van der Waals surface area contributed by atoms with Crippen LogP contribution in [0.1, 0.15) is 22.3 Å². The van der Waals surface area contributed by atoms with Crippen molar-refractivity contribution in [1.82, 2.24) is 9.78 Å². The van der Waals surface area contributed by atoms with Gasteiger partial charge in [0.2, 0.25) is 5.91 Å². The van der Waals surface area contributed by atoms with E-state index in [2.05, 4.69) is 10.4 Å². The average Bonchev–Trinajstić information content (AvgIpc) is 3.28. The normalized spacial score (nSPS) is 13.0. The van der Waals surface area contributed by atoms with Crippen LogP contribution in [-0.4, -0.2) is 21.6 Å². The summed E-state index contributed by atoms with van der Waals surface area (Å²) in [6.45, 7) is 0.868. The quantitative estimate of drug-likeness (QED) is 0.413. The molecule has 2 amide bonds. The zero-order chi connectivity index (χ0) is 23.7. The number of hydrogen-bond donors (Lipinski definition) is 1. The Bertz CT molecular complexity index is 1370. The van der Waals surface area contributed by atoms with Crippen LogP contribution in [0.15, 0.2) is 78.9 Å². The molecule has 34 heavy (non-hydrogen) atoms. The molecule has 5 rings (SSSR count). The highest BCUT2D eigenvalue weighted by molar-refractivity contribution is 6.30. The molecule has 0 bridgehead atoms. The number of hydrogen-bond acceptors (Lipinski definition) is 3. The number of carbonyl (C=O) groups excluding carboxylic acids is 2.